The molecule has 0 spiro atoms. The lowest BCUT2D eigenvalue weighted by molar-refractivity contribution is -0.130. The number of nitrogens with zero attached hydrogens (tertiary/aromatic N) is 3. The number of likely N-dealkylation sites (tertiary alicyclic amines) is 1. The van der Waals surface area contributed by atoms with E-state index in [-0.39, 0.29) is 11.8 Å². The van der Waals surface area contributed by atoms with E-state index in [2.05, 4.69) is 4.90 Å². The molecule has 2 aliphatic rings. The third kappa shape index (κ3) is 6.45. The first-order valence-corrected chi connectivity index (χ1v) is 11.3. The number of carbonyl (C=O) groups is 2. The average Bonchev–Trinajstić information content (AvgIpc) is 3.09. The van der Waals surface area contributed by atoms with Crippen molar-refractivity contribution in [3.63, 3.8) is 0 Å². The molecular formula is C22H29Cl2N3O3. The van der Waals surface area contributed by atoms with Crippen molar-refractivity contribution in [1.82, 2.24) is 14.7 Å². The molecule has 2 saturated heterocycles. The van der Waals surface area contributed by atoms with Crippen LogP contribution in [-0.2, 0) is 14.3 Å². The van der Waals surface area contributed by atoms with Crippen LogP contribution in [0.4, 0.5) is 0 Å². The topological polar surface area (TPSA) is 53.1 Å². The van der Waals surface area contributed by atoms with Gasteiger partial charge in [0.1, 0.15) is 0 Å². The average molecular weight is 454 g/mol. The van der Waals surface area contributed by atoms with Gasteiger partial charge in [0.15, 0.2) is 0 Å². The maximum absolute atomic E-state index is 12.6. The number of carbonyl (C=O) groups excluding carboxylic acids is 2. The van der Waals surface area contributed by atoms with E-state index in [0.717, 1.165) is 38.2 Å². The summed E-state index contributed by atoms with van der Waals surface area (Å²) in [6.45, 7) is 7.79. The maximum atomic E-state index is 12.6. The zero-order chi connectivity index (χ0) is 21.5. The van der Waals surface area contributed by atoms with Crippen LogP contribution in [0.1, 0.15) is 25.3 Å². The van der Waals surface area contributed by atoms with Crippen molar-refractivity contribution >= 4 is 41.1 Å². The van der Waals surface area contributed by atoms with E-state index < -0.39 is 0 Å². The number of hydrogen-bond acceptors (Lipinski definition) is 4. The predicted molar refractivity (Wildman–Crippen MR) is 120 cm³/mol. The van der Waals surface area contributed by atoms with Crippen LogP contribution in [0.25, 0.3) is 6.08 Å². The fourth-order valence-electron chi connectivity index (χ4n) is 3.85. The minimum Gasteiger partial charge on any atom is -0.377 e. The van der Waals surface area contributed by atoms with Gasteiger partial charge in [-0.3, -0.25) is 14.5 Å². The fourth-order valence-corrected chi connectivity index (χ4v) is 4.15. The summed E-state index contributed by atoms with van der Waals surface area (Å²) in [5.41, 5.74) is 0.807. The molecule has 164 valence electrons. The normalized spacial score (nSPS) is 20.9. The Morgan fingerprint density at radius 3 is 2.77 bits per heavy atom. The second-order valence-electron chi connectivity index (χ2n) is 7.63. The van der Waals surface area contributed by atoms with E-state index in [4.69, 9.17) is 27.9 Å². The molecule has 0 radical (unpaired) electrons. The van der Waals surface area contributed by atoms with E-state index >= 15 is 0 Å². The van der Waals surface area contributed by atoms with Crippen molar-refractivity contribution in [3.05, 3.63) is 39.9 Å². The molecule has 0 aliphatic carbocycles. The van der Waals surface area contributed by atoms with Crippen LogP contribution in [0.2, 0.25) is 10.0 Å². The van der Waals surface area contributed by atoms with Crippen molar-refractivity contribution in [3.8, 4) is 0 Å². The highest BCUT2D eigenvalue weighted by atomic mass is 35.5. The summed E-state index contributed by atoms with van der Waals surface area (Å²) in [4.78, 5) is 31.0. The number of halogens is 2. The van der Waals surface area contributed by atoms with Gasteiger partial charge in [0.25, 0.3) is 0 Å². The molecule has 2 aliphatic heterocycles. The number of benzene rings is 1. The molecule has 0 aromatic heterocycles. The Bertz CT molecular complexity index is 787. The van der Waals surface area contributed by atoms with Gasteiger partial charge >= 0.3 is 0 Å². The van der Waals surface area contributed by atoms with Crippen LogP contribution in [0.3, 0.4) is 0 Å². The molecule has 1 atom stereocenters. The van der Waals surface area contributed by atoms with E-state index in [1.54, 1.807) is 29.2 Å². The van der Waals surface area contributed by atoms with Gasteiger partial charge in [0.2, 0.25) is 11.8 Å². The summed E-state index contributed by atoms with van der Waals surface area (Å²) in [5.74, 6) is 0.00846. The van der Waals surface area contributed by atoms with Crippen LogP contribution in [-0.4, -0.2) is 85.0 Å². The van der Waals surface area contributed by atoms with Crippen molar-refractivity contribution in [2.24, 2.45) is 0 Å². The number of hydrogen-bond donors (Lipinski definition) is 0. The molecule has 2 fully saturated rings. The molecular weight excluding hydrogens is 425 g/mol. The van der Waals surface area contributed by atoms with E-state index in [9.17, 15) is 9.59 Å². The van der Waals surface area contributed by atoms with Gasteiger partial charge in [-0.15, -0.1) is 0 Å². The first-order chi connectivity index (χ1) is 14.5. The van der Waals surface area contributed by atoms with Crippen LogP contribution in [0, 0.1) is 0 Å². The molecule has 2 amide bonds. The van der Waals surface area contributed by atoms with E-state index in [1.165, 1.54) is 6.08 Å². The van der Waals surface area contributed by atoms with Crippen LogP contribution in [0.15, 0.2) is 24.3 Å². The van der Waals surface area contributed by atoms with Gasteiger partial charge in [0.05, 0.1) is 16.1 Å². The van der Waals surface area contributed by atoms with Gasteiger partial charge in [0, 0.05) is 64.9 Å². The first kappa shape index (κ1) is 23.1. The summed E-state index contributed by atoms with van der Waals surface area (Å²) < 4.78 is 5.69. The smallest absolute Gasteiger partial charge is 0.246 e. The molecule has 3 rings (SSSR count). The second-order valence-corrected chi connectivity index (χ2v) is 8.44. The molecule has 0 bridgehead atoms. The third-order valence-corrected chi connectivity index (χ3v) is 6.32. The lowest BCUT2D eigenvalue weighted by atomic mass is 10.2. The van der Waals surface area contributed by atoms with Crippen LogP contribution < -0.4 is 0 Å². The highest BCUT2D eigenvalue weighted by molar-refractivity contribution is 6.42. The van der Waals surface area contributed by atoms with Gasteiger partial charge < -0.3 is 14.5 Å². The summed E-state index contributed by atoms with van der Waals surface area (Å²) in [5, 5.41) is 0.932. The molecule has 2 heterocycles. The largest absolute Gasteiger partial charge is 0.377 e. The van der Waals surface area contributed by atoms with Crippen LogP contribution >= 0.6 is 23.2 Å². The van der Waals surface area contributed by atoms with Crippen molar-refractivity contribution < 1.29 is 14.3 Å². The zero-order valence-electron chi connectivity index (χ0n) is 17.4. The minimum absolute atomic E-state index is 0.102. The zero-order valence-corrected chi connectivity index (χ0v) is 18.9. The fraction of sp³-hybridized carbons (Fsp3) is 0.545. The Balaban J connectivity index is 1.48. The molecule has 0 N–H and O–H groups in total. The highest BCUT2D eigenvalue weighted by Gasteiger charge is 2.26. The molecule has 6 nitrogen and oxygen atoms in total. The highest BCUT2D eigenvalue weighted by Crippen LogP contribution is 2.23. The Labute approximate surface area is 188 Å². The van der Waals surface area contributed by atoms with Crippen molar-refractivity contribution in [2.45, 2.75) is 25.9 Å². The summed E-state index contributed by atoms with van der Waals surface area (Å²) in [7, 11) is 0. The van der Waals surface area contributed by atoms with Crippen LogP contribution in [0.5, 0.6) is 0 Å². The monoisotopic (exact) mass is 453 g/mol. The van der Waals surface area contributed by atoms with Gasteiger partial charge in [-0.05, 0) is 37.1 Å². The van der Waals surface area contributed by atoms with Gasteiger partial charge in [-0.2, -0.15) is 0 Å². The number of ether oxygens (including phenoxy) is 1. The Hall–Kier alpha value is -1.60. The standard InChI is InChI=1S/C22H29Cl2N3O3/c1-2-30-18-7-9-25(16-18)11-12-27-14-13-26(10-8-22(27)29)21(28)6-4-17-3-5-19(23)20(24)15-17/h3-6,15,18H,2,7-14,16H2,1H3. The lowest BCUT2D eigenvalue weighted by Crippen LogP contribution is -2.40. The molecule has 1 unspecified atom stereocenters. The quantitative estimate of drug-likeness (QED) is 0.594. The molecule has 0 saturated carbocycles. The summed E-state index contributed by atoms with van der Waals surface area (Å²) in [6, 6.07) is 5.23. The second kappa shape index (κ2) is 11.1. The van der Waals surface area contributed by atoms with Crippen molar-refractivity contribution in [2.75, 3.05) is 52.4 Å². The Morgan fingerprint density at radius 2 is 2.00 bits per heavy atom. The molecule has 1 aromatic rings. The van der Waals surface area contributed by atoms with E-state index in [0.29, 0.717) is 48.7 Å². The van der Waals surface area contributed by atoms with Gasteiger partial charge in [-0.1, -0.05) is 29.3 Å². The predicted octanol–water partition coefficient (Wildman–Crippen LogP) is 3.18. The van der Waals surface area contributed by atoms with E-state index in [1.807, 2.05) is 11.8 Å². The number of amides is 2. The minimum atomic E-state index is -0.102. The SMILES string of the molecule is CCOC1CCN(CCN2CCN(C(=O)C=Cc3ccc(Cl)c(Cl)c3)CCC2=O)C1. The summed E-state index contributed by atoms with van der Waals surface area (Å²) in [6.07, 6.45) is 4.96. The van der Waals surface area contributed by atoms with Crippen molar-refractivity contribution in [1.29, 1.82) is 0 Å². The molecule has 8 heteroatoms. The summed E-state index contributed by atoms with van der Waals surface area (Å²) >= 11 is 11.9. The molecule has 1 aromatic carbocycles. The first-order valence-electron chi connectivity index (χ1n) is 10.5. The van der Waals surface area contributed by atoms with Gasteiger partial charge in [-0.25, -0.2) is 0 Å². The maximum Gasteiger partial charge on any atom is 0.246 e. The number of rotatable bonds is 7. The molecule has 30 heavy (non-hydrogen) atoms. The third-order valence-electron chi connectivity index (χ3n) is 5.58. The Morgan fingerprint density at radius 1 is 1.17 bits per heavy atom. The lowest BCUT2D eigenvalue weighted by Gasteiger charge is -2.24. The Kier molecular flexibility index (Phi) is 8.57.